The maximum absolute atomic E-state index is 13.6. The van der Waals surface area contributed by atoms with Crippen molar-refractivity contribution in [2.45, 2.75) is 51.2 Å². The van der Waals surface area contributed by atoms with E-state index in [2.05, 4.69) is 14.7 Å². The van der Waals surface area contributed by atoms with Gasteiger partial charge in [0.15, 0.2) is 0 Å². The van der Waals surface area contributed by atoms with E-state index < -0.39 is 27.8 Å². The molecule has 1 saturated heterocycles. The number of fused-ring (bicyclic) bond motifs is 6. The van der Waals surface area contributed by atoms with Crippen molar-refractivity contribution in [3.05, 3.63) is 65.2 Å². The van der Waals surface area contributed by atoms with E-state index in [-0.39, 0.29) is 54.4 Å². The lowest BCUT2D eigenvalue weighted by molar-refractivity contribution is 0.0201. The molecule has 11 nitrogen and oxygen atoms in total. The number of hydrogen-bond donors (Lipinski definition) is 1. The molecule has 3 heterocycles. The van der Waals surface area contributed by atoms with Crippen LogP contribution >= 0.6 is 0 Å². The van der Waals surface area contributed by atoms with Gasteiger partial charge in [0.1, 0.15) is 11.7 Å². The molecule has 1 fully saturated rings. The summed E-state index contributed by atoms with van der Waals surface area (Å²) in [6.45, 7) is 9.93. The molecule has 0 spiro atoms. The molecule has 0 radical (unpaired) electrons. The van der Waals surface area contributed by atoms with Gasteiger partial charge in [0.25, 0.3) is 15.9 Å². The van der Waals surface area contributed by atoms with E-state index in [0.29, 0.717) is 5.69 Å². The number of carbonyl (C=O) groups excluding carboxylic acids is 2. The van der Waals surface area contributed by atoms with Gasteiger partial charge in [-0.05, 0) is 63.9 Å². The van der Waals surface area contributed by atoms with Gasteiger partial charge in [0.05, 0.1) is 23.7 Å². The van der Waals surface area contributed by atoms with Crippen LogP contribution in [-0.4, -0.2) is 78.1 Å². The Morgan fingerprint density at radius 2 is 1.73 bits per heavy atom. The Morgan fingerprint density at radius 3 is 2.44 bits per heavy atom. The summed E-state index contributed by atoms with van der Waals surface area (Å²) < 4.78 is 41.1. The first-order valence-corrected chi connectivity index (χ1v) is 14.8. The molecule has 0 aliphatic carbocycles. The highest BCUT2D eigenvalue weighted by Crippen LogP contribution is 2.30. The predicted octanol–water partition coefficient (Wildman–Crippen LogP) is 4.02. The van der Waals surface area contributed by atoms with Crippen LogP contribution in [0.15, 0.2) is 53.4 Å². The average Bonchev–Trinajstić information content (AvgIpc) is 3.09. The molecule has 2 aliphatic rings. The van der Waals surface area contributed by atoms with E-state index in [1.807, 2.05) is 32.0 Å². The van der Waals surface area contributed by atoms with Crippen LogP contribution in [0.3, 0.4) is 0 Å². The maximum atomic E-state index is 13.6. The molecule has 5 rings (SSSR count). The third-order valence-electron chi connectivity index (χ3n) is 6.77. The summed E-state index contributed by atoms with van der Waals surface area (Å²) in [5.41, 5.74) is 2.66. The second kappa shape index (κ2) is 10.7. The number of ether oxygens (including phenoxy) is 2. The Morgan fingerprint density at radius 1 is 1.02 bits per heavy atom. The van der Waals surface area contributed by atoms with Crippen LogP contribution < -0.4 is 9.46 Å². The quantitative estimate of drug-likeness (QED) is 0.458. The lowest BCUT2D eigenvalue weighted by Gasteiger charge is -2.28. The summed E-state index contributed by atoms with van der Waals surface area (Å²) >= 11 is 0. The number of rotatable bonds is 1. The zero-order chi connectivity index (χ0) is 29.5. The average molecular weight is 580 g/mol. The highest BCUT2D eigenvalue weighted by Gasteiger charge is 2.33. The minimum Gasteiger partial charge on any atom is -0.470 e. The van der Waals surface area contributed by atoms with Crippen LogP contribution in [0.2, 0.25) is 0 Å². The number of carbonyl (C=O) groups is 2. The van der Waals surface area contributed by atoms with Crippen molar-refractivity contribution in [3.8, 4) is 17.1 Å². The summed E-state index contributed by atoms with van der Waals surface area (Å²) in [6.07, 6.45) is -1.21. The fraction of sp³-hybridized carbons (Fsp3) is 0.379. The Bertz CT molecular complexity index is 1600. The predicted molar refractivity (Wildman–Crippen MR) is 152 cm³/mol. The van der Waals surface area contributed by atoms with Crippen LogP contribution in [0, 0.1) is 13.8 Å². The number of aromatic nitrogens is 2. The normalized spacial score (nSPS) is 18.6. The largest absolute Gasteiger partial charge is 0.470 e. The Hall–Kier alpha value is -4.19. The number of sulfonamides is 1. The van der Waals surface area contributed by atoms with E-state index in [4.69, 9.17) is 9.47 Å². The van der Waals surface area contributed by atoms with Crippen molar-refractivity contribution in [3.63, 3.8) is 0 Å². The standard InChI is InChI=1S/C29H33N5O6S/c1-18-8-6-9-19(2)25(18)23-15-24-31-27(30-23)32-41(37,38)22-11-7-10-20(14-22)26(35)33-12-13-34(17-21(16-33)39-24)28(36)40-29(3,4)5/h6-11,14-15,21H,12-13,16-17H2,1-5H3,(H,30,31,32)/t21-/m0/s1. The highest BCUT2D eigenvalue weighted by molar-refractivity contribution is 7.92. The topological polar surface area (TPSA) is 131 Å². The van der Waals surface area contributed by atoms with Gasteiger partial charge in [-0.3, -0.25) is 4.79 Å². The van der Waals surface area contributed by atoms with Gasteiger partial charge in [-0.25, -0.2) is 22.9 Å². The molecule has 3 aromatic rings. The van der Waals surface area contributed by atoms with Crippen molar-refractivity contribution < 1.29 is 27.5 Å². The van der Waals surface area contributed by atoms with Gasteiger partial charge >= 0.3 is 6.09 Å². The SMILES string of the molecule is Cc1cccc(C)c1-c1cc2nc(n1)NS(=O)(=O)c1cccc(c1)C(=O)N1CCN(C(=O)OC(C)(C)C)C[C@H](C1)O2. The molecule has 1 atom stereocenters. The number of anilines is 1. The maximum Gasteiger partial charge on any atom is 0.410 e. The van der Waals surface area contributed by atoms with E-state index in [9.17, 15) is 18.0 Å². The summed E-state index contributed by atoms with van der Waals surface area (Å²) in [5, 5.41) is 0. The van der Waals surface area contributed by atoms with Gasteiger partial charge in [-0.1, -0.05) is 24.3 Å². The first kappa shape index (κ1) is 28.3. The van der Waals surface area contributed by atoms with Crippen LogP contribution in [0.5, 0.6) is 5.88 Å². The van der Waals surface area contributed by atoms with Crippen LogP contribution in [0.1, 0.15) is 42.3 Å². The molecule has 0 saturated carbocycles. The molecule has 1 aromatic heterocycles. The molecular weight excluding hydrogens is 546 g/mol. The third kappa shape index (κ3) is 6.27. The van der Waals surface area contributed by atoms with Crippen molar-refractivity contribution in [1.82, 2.24) is 19.8 Å². The lowest BCUT2D eigenvalue weighted by Crippen LogP contribution is -2.43. The number of nitrogens with one attached hydrogen (secondary N) is 1. The number of aryl methyl sites for hydroxylation is 2. The van der Waals surface area contributed by atoms with Crippen molar-refractivity contribution >= 4 is 28.0 Å². The summed E-state index contributed by atoms with van der Waals surface area (Å²) in [7, 11) is -4.14. The molecule has 0 unspecified atom stereocenters. The molecule has 216 valence electrons. The lowest BCUT2D eigenvalue weighted by atomic mass is 10.00. The third-order valence-corrected chi connectivity index (χ3v) is 8.10. The van der Waals surface area contributed by atoms with E-state index in [1.165, 1.54) is 23.1 Å². The van der Waals surface area contributed by atoms with Crippen LogP contribution in [-0.2, 0) is 14.8 Å². The van der Waals surface area contributed by atoms with Crippen molar-refractivity contribution in [2.24, 2.45) is 0 Å². The monoisotopic (exact) mass is 579 g/mol. The van der Waals surface area contributed by atoms with Gasteiger partial charge in [-0.2, -0.15) is 4.98 Å². The van der Waals surface area contributed by atoms with E-state index in [1.54, 1.807) is 37.8 Å². The minimum absolute atomic E-state index is 0.102. The van der Waals surface area contributed by atoms with Gasteiger partial charge in [0, 0.05) is 30.3 Å². The number of benzene rings is 2. The molecule has 12 heteroatoms. The molecular formula is C29H33N5O6S. The van der Waals surface area contributed by atoms with Crippen LogP contribution in [0.4, 0.5) is 10.7 Å². The number of hydrogen-bond acceptors (Lipinski definition) is 8. The molecule has 41 heavy (non-hydrogen) atoms. The first-order valence-electron chi connectivity index (χ1n) is 13.3. The second-order valence-corrected chi connectivity index (χ2v) is 12.9. The summed E-state index contributed by atoms with van der Waals surface area (Å²) in [4.78, 5) is 38.5. The molecule has 1 N–H and O–H groups in total. The van der Waals surface area contributed by atoms with Crippen LogP contribution in [0.25, 0.3) is 11.3 Å². The summed E-state index contributed by atoms with van der Waals surface area (Å²) in [6, 6.07) is 13.3. The zero-order valence-electron chi connectivity index (χ0n) is 23.7. The molecule has 6 bridgehead atoms. The number of amides is 2. The first-order chi connectivity index (χ1) is 19.3. The van der Waals surface area contributed by atoms with Gasteiger partial charge in [0.2, 0.25) is 11.8 Å². The fourth-order valence-corrected chi connectivity index (χ4v) is 5.92. The zero-order valence-corrected chi connectivity index (χ0v) is 24.5. The molecule has 2 aromatic carbocycles. The van der Waals surface area contributed by atoms with Crippen molar-refractivity contribution in [2.75, 3.05) is 30.9 Å². The highest BCUT2D eigenvalue weighted by atomic mass is 32.2. The second-order valence-electron chi connectivity index (χ2n) is 11.2. The smallest absolute Gasteiger partial charge is 0.410 e. The molecule has 2 aliphatic heterocycles. The van der Waals surface area contributed by atoms with Gasteiger partial charge < -0.3 is 19.3 Å². The van der Waals surface area contributed by atoms with E-state index in [0.717, 1.165) is 16.7 Å². The Labute approximate surface area is 239 Å². The summed E-state index contributed by atoms with van der Waals surface area (Å²) in [5.74, 6) is -0.453. The fourth-order valence-electron chi connectivity index (χ4n) is 4.93. The van der Waals surface area contributed by atoms with Crippen molar-refractivity contribution in [1.29, 1.82) is 0 Å². The number of nitrogens with zero attached hydrogens (tertiary/aromatic N) is 4. The Kier molecular flexibility index (Phi) is 7.37. The van der Waals surface area contributed by atoms with Gasteiger partial charge in [-0.15, -0.1) is 0 Å². The van der Waals surface area contributed by atoms with E-state index >= 15 is 0 Å². The molecule has 2 amide bonds. The minimum atomic E-state index is -4.14. The Balaban J connectivity index is 1.64.